The molecule has 4 heteroatoms. The number of ether oxygens (including phenoxy) is 1. The van der Waals surface area contributed by atoms with Crippen LogP contribution in [-0.2, 0) is 9.53 Å². The molecule has 0 aliphatic rings. The summed E-state index contributed by atoms with van der Waals surface area (Å²) in [5, 5.41) is 9.18. The molecule has 4 nitrogen and oxygen atoms in total. The second kappa shape index (κ2) is 5.11. The van der Waals surface area contributed by atoms with Crippen molar-refractivity contribution in [1.82, 2.24) is 0 Å². The molecule has 0 heterocycles. The summed E-state index contributed by atoms with van der Waals surface area (Å²) in [7, 11) is 0. The van der Waals surface area contributed by atoms with Crippen molar-refractivity contribution in [3.05, 3.63) is 0 Å². The molecule has 0 radical (unpaired) electrons. The molecular formula is C8H17NO3. The average molecular weight is 175 g/mol. The average Bonchev–Trinajstić information content (AvgIpc) is 2.00. The minimum absolute atomic E-state index is 0.187. The Bertz CT molecular complexity index is 147. The highest BCUT2D eigenvalue weighted by Gasteiger charge is 2.22. The Morgan fingerprint density at radius 3 is 2.42 bits per heavy atom. The lowest BCUT2D eigenvalue weighted by atomic mass is 10.1. The zero-order chi connectivity index (χ0) is 9.72. The fourth-order valence-electron chi connectivity index (χ4n) is 0.722. The van der Waals surface area contributed by atoms with Crippen molar-refractivity contribution in [1.29, 1.82) is 0 Å². The number of nitrogens with two attached hydrogens (primary N) is 1. The first-order chi connectivity index (χ1) is 5.49. The number of carbonyl (C=O) groups is 1. The minimum atomic E-state index is -0.919. The SMILES string of the molecule is CC[C@H](O)[C@H](N)C(=O)OC(C)C. The Morgan fingerprint density at radius 1 is 1.58 bits per heavy atom. The first-order valence-electron chi connectivity index (χ1n) is 4.13. The third-order valence-corrected chi connectivity index (χ3v) is 1.46. The van der Waals surface area contributed by atoms with E-state index < -0.39 is 18.1 Å². The van der Waals surface area contributed by atoms with Crippen molar-refractivity contribution in [2.75, 3.05) is 0 Å². The van der Waals surface area contributed by atoms with Gasteiger partial charge in [-0.25, -0.2) is 0 Å². The molecule has 0 saturated carbocycles. The summed E-state index contributed by atoms with van der Waals surface area (Å²) >= 11 is 0. The van der Waals surface area contributed by atoms with Gasteiger partial charge in [-0.05, 0) is 20.3 Å². The number of rotatable bonds is 4. The zero-order valence-corrected chi connectivity index (χ0v) is 7.78. The van der Waals surface area contributed by atoms with Crippen molar-refractivity contribution in [3.63, 3.8) is 0 Å². The van der Waals surface area contributed by atoms with Gasteiger partial charge in [0.2, 0.25) is 0 Å². The van der Waals surface area contributed by atoms with E-state index in [4.69, 9.17) is 10.5 Å². The van der Waals surface area contributed by atoms with Crippen LogP contribution in [-0.4, -0.2) is 29.3 Å². The van der Waals surface area contributed by atoms with Gasteiger partial charge in [-0.3, -0.25) is 4.79 Å². The van der Waals surface area contributed by atoms with Gasteiger partial charge in [0.25, 0.3) is 0 Å². The summed E-state index contributed by atoms with van der Waals surface area (Å²) < 4.78 is 4.81. The highest BCUT2D eigenvalue weighted by molar-refractivity contribution is 5.76. The highest BCUT2D eigenvalue weighted by atomic mass is 16.5. The number of hydrogen-bond donors (Lipinski definition) is 2. The van der Waals surface area contributed by atoms with Gasteiger partial charge in [0, 0.05) is 0 Å². The van der Waals surface area contributed by atoms with Crippen LogP contribution < -0.4 is 5.73 Å². The van der Waals surface area contributed by atoms with E-state index in [1.165, 1.54) is 0 Å². The monoisotopic (exact) mass is 175 g/mol. The van der Waals surface area contributed by atoms with E-state index in [9.17, 15) is 9.90 Å². The predicted octanol–water partition coefficient (Wildman–Crippen LogP) is 0.0362. The standard InChI is InChI=1S/C8H17NO3/c1-4-6(10)7(9)8(11)12-5(2)3/h5-7,10H,4,9H2,1-3H3/t6-,7-/m0/s1. The molecule has 0 rings (SSSR count). The second-order valence-electron chi connectivity index (χ2n) is 2.99. The number of carbonyl (C=O) groups excluding carboxylic acids is 1. The molecule has 0 aliphatic carbocycles. The van der Waals surface area contributed by atoms with E-state index in [0.29, 0.717) is 6.42 Å². The van der Waals surface area contributed by atoms with Gasteiger partial charge < -0.3 is 15.6 Å². The molecular weight excluding hydrogens is 158 g/mol. The third kappa shape index (κ3) is 3.69. The normalized spacial score (nSPS) is 15.8. The lowest BCUT2D eigenvalue weighted by Crippen LogP contribution is -2.43. The van der Waals surface area contributed by atoms with Crippen LogP contribution in [0.25, 0.3) is 0 Å². The maximum Gasteiger partial charge on any atom is 0.325 e. The van der Waals surface area contributed by atoms with Gasteiger partial charge in [-0.2, -0.15) is 0 Å². The van der Waals surface area contributed by atoms with Crippen LogP contribution in [0.3, 0.4) is 0 Å². The maximum absolute atomic E-state index is 11.0. The predicted molar refractivity (Wildman–Crippen MR) is 45.5 cm³/mol. The van der Waals surface area contributed by atoms with E-state index in [1.807, 2.05) is 0 Å². The Hall–Kier alpha value is -0.610. The first kappa shape index (κ1) is 11.4. The van der Waals surface area contributed by atoms with Crippen LogP contribution in [0.2, 0.25) is 0 Å². The van der Waals surface area contributed by atoms with Gasteiger partial charge in [-0.1, -0.05) is 6.92 Å². The van der Waals surface area contributed by atoms with Crippen LogP contribution in [0, 0.1) is 0 Å². The number of aliphatic hydroxyl groups excluding tert-OH is 1. The first-order valence-corrected chi connectivity index (χ1v) is 4.13. The van der Waals surface area contributed by atoms with E-state index >= 15 is 0 Å². The lowest BCUT2D eigenvalue weighted by Gasteiger charge is -2.17. The Kier molecular flexibility index (Phi) is 4.85. The van der Waals surface area contributed by atoms with Gasteiger partial charge >= 0.3 is 5.97 Å². The summed E-state index contributed by atoms with van der Waals surface area (Å²) in [4.78, 5) is 11.0. The second-order valence-corrected chi connectivity index (χ2v) is 2.99. The molecule has 0 bridgehead atoms. The van der Waals surface area contributed by atoms with Crippen LogP contribution in [0.5, 0.6) is 0 Å². The largest absolute Gasteiger partial charge is 0.462 e. The molecule has 3 N–H and O–H groups in total. The quantitative estimate of drug-likeness (QED) is 0.591. The van der Waals surface area contributed by atoms with Crippen molar-refractivity contribution in [3.8, 4) is 0 Å². The van der Waals surface area contributed by atoms with Crippen molar-refractivity contribution < 1.29 is 14.6 Å². The lowest BCUT2D eigenvalue weighted by molar-refractivity contribution is -0.151. The summed E-state index contributed by atoms with van der Waals surface area (Å²) in [6, 6.07) is -0.919. The van der Waals surface area contributed by atoms with Gasteiger partial charge in [0.05, 0.1) is 12.2 Å². The van der Waals surface area contributed by atoms with E-state index in [-0.39, 0.29) is 6.10 Å². The van der Waals surface area contributed by atoms with Crippen molar-refractivity contribution >= 4 is 5.97 Å². The van der Waals surface area contributed by atoms with Crippen LogP contribution in [0.1, 0.15) is 27.2 Å². The summed E-state index contributed by atoms with van der Waals surface area (Å²) in [6.45, 7) is 5.24. The molecule has 0 spiro atoms. The zero-order valence-electron chi connectivity index (χ0n) is 7.78. The minimum Gasteiger partial charge on any atom is -0.462 e. The molecule has 12 heavy (non-hydrogen) atoms. The molecule has 0 saturated heterocycles. The van der Waals surface area contributed by atoms with Crippen LogP contribution in [0.4, 0.5) is 0 Å². The molecule has 0 aromatic rings. The number of aliphatic hydroxyl groups is 1. The Labute approximate surface area is 72.7 Å². The summed E-state index contributed by atoms with van der Waals surface area (Å²) in [5.74, 6) is -0.542. The summed E-state index contributed by atoms with van der Waals surface area (Å²) in [6.07, 6.45) is -0.544. The van der Waals surface area contributed by atoms with E-state index in [1.54, 1.807) is 20.8 Å². The van der Waals surface area contributed by atoms with Crippen LogP contribution >= 0.6 is 0 Å². The van der Waals surface area contributed by atoms with Gasteiger partial charge in [-0.15, -0.1) is 0 Å². The molecule has 0 unspecified atom stereocenters. The van der Waals surface area contributed by atoms with Crippen LogP contribution in [0.15, 0.2) is 0 Å². The molecule has 0 aromatic carbocycles. The maximum atomic E-state index is 11.0. The summed E-state index contributed by atoms with van der Waals surface area (Å²) in [5.41, 5.74) is 5.40. The molecule has 0 amide bonds. The van der Waals surface area contributed by atoms with Crippen molar-refractivity contribution in [2.24, 2.45) is 5.73 Å². The molecule has 0 fully saturated rings. The molecule has 72 valence electrons. The van der Waals surface area contributed by atoms with E-state index in [2.05, 4.69) is 0 Å². The smallest absolute Gasteiger partial charge is 0.325 e. The van der Waals surface area contributed by atoms with Gasteiger partial charge in [0.1, 0.15) is 6.04 Å². The van der Waals surface area contributed by atoms with Crippen molar-refractivity contribution in [2.45, 2.75) is 45.4 Å². The highest BCUT2D eigenvalue weighted by Crippen LogP contribution is 2.00. The number of hydrogen-bond acceptors (Lipinski definition) is 4. The molecule has 0 aliphatic heterocycles. The van der Waals surface area contributed by atoms with E-state index in [0.717, 1.165) is 0 Å². The number of esters is 1. The van der Waals surface area contributed by atoms with Gasteiger partial charge in [0.15, 0.2) is 0 Å². The topological polar surface area (TPSA) is 72.5 Å². The fourth-order valence-corrected chi connectivity index (χ4v) is 0.722. The Morgan fingerprint density at radius 2 is 2.08 bits per heavy atom. The Balaban J connectivity index is 3.92. The third-order valence-electron chi connectivity index (χ3n) is 1.46. The molecule has 0 aromatic heterocycles. The fraction of sp³-hybridized carbons (Fsp3) is 0.875. The molecule has 2 atom stereocenters.